The van der Waals surface area contributed by atoms with Crippen LogP contribution in [0.4, 0.5) is 27.6 Å². The van der Waals surface area contributed by atoms with E-state index < -0.39 is 34.7 Å². The van der Waals surface area contributed by atoms with Crippen molar-refractivity contribution in [3.05, 3.63) is 106 Å². The molecule has 0 unspecified atom stereocenters. The fraction of sp³-hybridized carbons (Fsp3) is 0.250. The van der Waals surface area contributed by atoms with Crippen LogP contribution in [0.2, 0.25) is 0 Å². The number of pyridine rings is 2. The lowest BCUT2D eigenvalue weighted by Crippen LogP contribution is -2.49. The van der Waals surface area contributed by atoms with Gasteiger partial charge in [0.25, 0.3) is 11.3 Å². The second-order valence-electron chi connectivity index (χ2n) is 9.31. The molecule has 0 aliphatic carbocycles. The smallest absolute Gasteiger partial charge is 0.366 e. The van der Waals surface area contributed by atoms with Crippen LogP contribution in [0.5, 0.6) is 0 Å². The number of benzene rings is 2. The summed E-state index contributed by atoms with van der Waals surface area (Å²) in [6.45, 7) is 0.997. The van der Waals surface area contributed by atoms with Crippen molar-refractivity contribution in [3.63, 3.8) is 0 Å². The molecule has 0 bridgehead atoms. The van der Waals surface area contributed by atoms with Crippen molar-refractivity contribution in [3.8, 4) is 0 Å². The fourth-order valence-electron chi connectivity index (χ4n) is 5.11. The standard InChI is InChI=1S/C28H23F5N4O2/c1-35-21-3-2-12-34-23(21)25(22(27(35)39)26(38)28(31,32)33)37-15-13-36(14-16-37)24(17-4-8-19(29)9-5-17)18-6-10-20(30)11-7-18/h2-12,24H,13-16H2,1H3. The van der Waals surface area contributed by atoms with E-state index in [1.165, 1.54) is 37.5 Å². The van der Waals surface area contributed by atoms with Crippen LogP contribution in [0.3, 0.4) is 0 Å². The molecule has 39 heavy (non-hydrogen) atoms. The van der Waals surface area contributed by atoms with E-state index in [9.17, 15) is 31.5 Å². The summed E-state index contributed by atoms with van der Waals surface area (Å²) < 4.78 is 69.1. The Labute approximate surface area is 219 Å². The Kier molecular flexibility index (Phi) is 6.94. The molecule has 4 aromatic rings. The number of aromatic nitrogens is 2. The van der Waals surface area contributed by atoms with Crippen molar-refractivity contribution >= 4 is 22.5 Å². The number of hydrogen-bond acceptors (Lipinski definition) is 5. The topological polar surface area (TPSA) is 58.4 Å². The number of piperazine rings is 1. The molecule has 1 aliphatic heterocycles. The number of aryl methyl sites for hydroxylation is 1. The number of rotatable bonds is 5. The maximum Gasteiger partial charge on any atom is 0.455 e. The van der Waals surface area contributed by atoms with Crippen LogP contribution in [0.1, 0.15) is 27.5 Å². The van der Waals surface area contributed by atoms with Gasteiger partial charge in [0.2, 0.25) is 0 Å². The molecule has 6 nitrogen and oxygen atoms in total. The number of carbonyl (C=O) groups is 1. The SMILES string of the molecule is Cn1c(=O)c(C(=O)C(F)(F)F)c(N2CCN(C(c3ccc(F)cc3)c3ccc(F)cc3)CC2)c2ncccc21. The Morgan fingerprint density at radius 1 is 0.872 bits per heavy atom. The van der Waals surface area contributed by atoms with E-state index >= 15 is 0 Å². The zero-order valence-corrected chi connectivity index (χ0v) is 20.8. The van der Waals surface area contributed by atoms with E-state index in [-0.39, 0.29) is 30.3 Å². The van der Waals surface area contributed by atoms with Crippen LogP contribution in [0, 0.1) is 11.6 Å². The molecule has 3 heterocycles. The molecule has 2 aromatic carbocycles. The average molecular weight is 543 g/mol. The molecule has 202 valence electrons. The third-order valence-electron chi connectivity index (χ3n) is 6.98. The van der Waals surface area contributed by atoms with E-state index in [2.05, 4.69) is 4.98 Å². The van der Waals surface area contributed by atoms with Crippen molar-refractivity contribution in [2.75, 3.05) is 31.1 Å². The molecular formula is C28H23F5N4O2. The highest BCUT2D eigenvalue weighted by atomic mass is 19.4. The number of anilines is 1. The molecule has 1 aliphatic rings. The normalized spacial score (nSPS) is 14.8. The Morgan fingerprint density at radius 3 is 1.92 bits per heavy atom. The Bertz CT molecular complexity index is 1530. The molecule has 11 heteroatoms. The fourth-order valence-corrected chi connectivity index (χ4v) is 5.11. The van der Waals surface area contributed by atoms with Gasteiger partial charge in [-0.2, -0.15) is 13.2 Å². The lowest BCUT2D eigenvalue weighted by molar-refractivity contribution is -0.0886. The van der Waals surface area contributed by atoms with Gasteiger partial charge in [0.15, 0.2) is 0 Å². The summed E-state index contributed by atoms with van der Waals surface area (Å²) >= 11 is 0. The summed E-state index contributed by atoms with van der Waals surface area (Å²) in [7, 11) is 1.30. The predicted octanol–water partition coefficient (Wildman–Crippen LogP) is 4.87. The summed E-state index contributed by atoms with van der Waals surface area (Å²) in [4.78, 5) is 33.4. The summed E-state index contributed by atoms with van der Waals surface area (Å²) in [5, 5.41) is 0. The zero-order valence-electron chi connectivity index (χ0n) is 20.8. The van der Waals surface area contributed by atoms with E-state index in [0.29, 0.717) is 18.6 Å². The lowest BCUT2D eigenvalue weighted by atomic mass is 9.96. The van der Waals surface area contributed by atoms with Crippen LogP contribution in [0.25, 0.3) is 11.0 Å². The Balaban J connectivity index is 1.54. The number of carbonyl (C=O) groups excluding carboxylic acids is 1. The number of alkyl halides is 3. The van der Waals surface area contributed by atoms with Crippen LogP contribution < -0.4 is 10.5 Å². The minimum atomic E-state index is -5.25. The number of fused-ring (bicyclic) bond motifs is 1. The molecule has 2 aromatic heterocycles. The first kappa shape index (κ1) is 26.5. The summed E-state index contributed by atoms with van der Waals surface area (Å²) in [5.41, 5.74) is -0.224. The van der Waals surface area contributed by atoms with Gasteiger partial charge in [-0.3, -0.25) is 19.5 Å². The van der Waals surface area contributed by atoms with Crippen LogP contribution >= 0.6 is 0 Å². The third-order valence-corrected chi connectivity index (χ3v) is 6.98. The molecule has 0 saturated carbocycles. The molecule has 5 rings (SSSR count). The molecular weight excluding hydrogens is 519 g/mol. The van der Waals surface area contributed by atoms with Crippen LogP contribution in [-0.4, -0.2) is 52.6 Å². The summed E-state index contributed by atoms with van der Waals surface area (Å²) in [6, 6.07) is 14.6. The Morgan fingerprint density at radius 2 is 1.41 bits per heavy atom. The quantitative estimate of drug-likeness (QED) is 0.266. The molecule has 0 atom stereocenters. The Hall–Kier alpha value is -4.12. The van der Waals surface area contributed by atoms with E-state index in [0.717, 1.165) is 15.7 Å². The van der Waals surface area contributed by atoms with Crippen LogP contribution in [0.15, 0.2) is 71.7 Å². The third kappa shape index (κ3) is 5.01. The second-order valence-corrected chi connectivity index (χ2v) is 9.31. The highest BCUT2D eigenvalue weighted by molar-refractivity contribution is 6.09. The second kappa shape index (κ2) is 10.2. The number of halogens is 5. The summed E-state index contributed by atoms with van der Waals surface area (Å²) in [5.74, 6) is -3.04. The van der Waals surface area contributed by atoms with Crippen molar-refractivity contribution in [2.45, 2.75) is 12.2 Å². The van der Waals surface area contributed by atoms with E-state index in [1.807, 2.05) is 4.90 Å². The van der Waals surface area contributed by atoms with E-state index in [4.69, 9.17) is 0 Å². The number of ketones is 1. The zero-order chi connectivity index (χ0) is 27.9. The minimum Gasteiger partial charge on any atom is -0.366 e. The number of nitrogens with zero attached hydrogens (tertiary/aromatic N) is 4. The van der Waals surface area contributed by atoms with Gasteiger partial charge in [0.1, 0.15) is 22.7 Å². The van der Waals surface area contributed by atoms with Crippen LogP contribution in [-0.2, 0) is 7.05 Å². The highest BCUT2D eigenvalue weighted by Crippen LogP contribution is 2.35. The van der Waals surface area contributed by atoms with Gasteiger partial charge < -0.3 is 9.47 Å². The molecule has 1 saturated heterocycles. The van der Waals surface area contributed by atoms with Gasteiger partial charge in [-0.05, 0) is 47.5 Å². The van der Waals surface area contributed by atoms with Gasteiger partial charge in [0.05, 0.1) is 17.2 Å². The number of hydrogen-bond donors (Lipinski definition) is 0. The first-order valence-electron chi connectivity index (χ1n) is 12.2. The average Bonchev–Trinajstić information content (AvgIpc) is 2.92. The van der Waals surface area contributed by atoms with Gasteiger partial charge in [0, 0.05) is 39.4 Å². The maximum absolute atomic E-state index is 13.7. The molecule has 0 radical (unpaired) electrons. The monoisotopic (exact) mass is 542 g/mol. The van der Waals surface area contributed by atoms with Gasteiger partial charge >= 0.3 is 6.18 Å². The van der Waals surface area contributed by atoms with Crippen molar-refractivity contribution in [1.29, 1.82) is 0 Å². The van der Waals surface area contributed by atoms with Crippen molar-refractivity contribution in [1.82, 2.24) is 14.5 Å². The number of Topliss-reactive ketones (excluding diaryl/α,β-unsaturated/α-hetero) is 1. The van der Waals surface area contributed by atoms with Gasteiger partial charge in [-0.25, -0.2) is 8.78 Å². The summed E-state index contributed by atoms with van der Waals surface area (Å²) in [6.07, 6.45) is -3.85. The van der Waals surface area contributed by atoms with E-state index in [1.54, 1.807) is 41.3 Å². The molecule has 0 spiro atoms. The largest absolute Gasteiger partial charge is 0.455 e. The van der Waals surface area contributed by atoms with Crippen molar-refractivity contribution < 1.29 is 26.7 Å². The molecule has 0 N–H and O–H groups in total. The van der Waals surface area contributed by atoms with Gasteiger partial charge in [-0.15, -0.1) is 0 Å². The highest BCUT2D eigenvalue weighted by Gasteiger charge is 2.44. The first-order chi connectivity index (χ1) is 18.6. The lowest BCUT2D eigenvalue weighted by Gasteiger charge is -2.41. The maximum atomic E-state index is 13.7. The molecule has 1 fully saturated rings. The minimum absolute atomic E-state index is 0.120. The van der Waals surface area contributed by atoms with Gasteiger partial charge in [-0.1, -0.05) is 24.3 Å². The molecule has 0 amide bonds. The first-order valence-corrected chi connectivity index (χ1v) is 12.2. The predicted molar refractivity (Wildman–Crippen MR) is 136 cm³/mol. The van der Waals surface area contributed by atoms with Crippen molar-refractivity contribution in [2.24, 2.45) is 7.05 Å².